The van der Waals surface area contributed by atoms with Gasteiger partial charge in [-0.15, -0.1) is 0 Å². The lowest BCUT2D eigenvalue weighted by molar-refractivity contribution is -0.137. The number of halogens is 5. The van der Waals surface area contributed by atoms with E-state index in [0.717, 1.165) is 16.8 Å². The standard InChI is InChI=1S/C19H13F5N4O/c20-12-7-11-14(8-13(12)21)25-9-15(11)26-18(29)17-10-3-1-2-4-16(10)28(27-17)6-5-19(22,23)24/h1-4,7-9,25H,5-6H2,(H,26,29). The average Bonchev–Trinajstić information content (AvgIpc) is 3.22. The van der Waals surface area contributed by atoms with E-state index in [9.17, 15) is 26.7 Å². The van der Waals surface area contributed by atoms with Crippen molar-refractivity contribution in [2.75, 3.05) is 5.32 Å². The molecule has 0 saturated carbocycles. The van der Waals surface area contributed by atoms with Gasteiger partial charge in [0, 0.05) is 23.0 Å². The Kier molecular flexibility index (Phi) is 4.48. The zero-order valence-electron chi connectivity index (χ0n) is 14.6. The summed E-state index contributed by atoms with van der Waals surface area (Å²) in [6, 6.07) is 8.31. The number of benzene rings is 2. The number of para-hydroxylation sites is 1. The summed E-state index contributed by atoms with van der Waals surface area (Å²) in [4.78, 5) is 15.5. The number of rotatable bonds is 4. The molecule has 10 heteroatoms. The third kappa shape index (κ3) is 3.65. The summed E-state index contributed by atoms with van der Waals surface area (Å²) in [5.41, 5.74) is 0.784. The molecule has 0 aliphatic carbocycles. The topological polar surface area (TPSA) is 62.7 Å². The smallest absolute Gasteiger partial charge is 0.359 e. The predicted molar refractivity (Wildman–Crippen MR) is 96.6 cm³/mol. The van der Waals surface area contributed by atoms with Gasteiger partial charge in [0.05, 0.1) is 29.7 Å². The van der Waals surface area contributed by atoms with E-state index in [2.05, 4.69) is 15.4 Å². The van der Waals surface area contributed by atoms with E-state index in [1.54, 1.807) is 24.3 Å². The van der Waals surface area contributed by atoms with Gasteiger partial charge in [0.15, 0.2) is 17.3 Å². The zero-order chi connectivity index (χ0) is 20.8. The Labute approximate surface area is 160 Å². The minimum atomic E-state index is -4.36. The maximum Gasteiger partial charge on any atom is 0.390 e. The first-order valence-corrected chi connectivity index (χ1v) is 8.53. The van der Waals surface area contributed by atoms with Crippen LogP contribution in [-0.2, 0) is 6.54 Å². The zero-order valence-corrected chi connectivity index (χ0v) is 14.6. The van der Waals surface area contributed by atoms with E-state index >= 15 is 0 Å². The molecule has 4 rings (SSSR count). The molecule has 0 atom stereocenters. The number of nitrogens with zero attached hydrogens (tertiary/aromatic N) is 2. The molecule has 2 heterocycles. The fourth-order valence-electron chi connectivity index (χ4n) is 3.10. The van der Waals surface area contributed by atoms with Crippen LogP contribution < -0.4 is 5.32 Å². The summed E-state index contributed by atoms with van der Waals surface area (Å²) in [7, 11) is 0. The van der Waals surface area contributed by atoms with Gasteiger partial charge in [0.2, 0.25) is 0 Å². The maximum absolute atomic E-state index is 13.6. The van der Waals surface area contributed by atoms with Crippen LogP contribution in [0.1, 0.15) is 16.9 Å². The second kappa shape index (κ2) is 6.87. The molecule has 0 aliphatic heterocycles. The summed E-state index contributed by atoms with van der Waals surface area (Å²) in [6.07, 6.45) is -4.09. The highest BCUT2D eigenvalue weighted by Gasteiger charge is 2.28. The van der Waals surface area contributed by atoms with Crippen LogP contribution in [0.2, 0.25) is 0 Å². The average molecular weight is 408 g/mol. The van der Waals surface area contributed by atoms with Crippen LogP contribution in [0.15, 0.2) is 42.6 Å². The maximum atomic E-state index is 13.6. The molecule has 5 nitrogen and oxygen atoms in total. The minimum Gasteiger partial charge on any atom is -0.359 e. The Balaban J connectivity index is 1.68. The van der Waals surface area contributed by atoms with Gasteiger partial charge in [-0.1, -0.05) is 18.2 Å². The number of carbonyl (C=O) groups is 1. The number of alkyl halides is 3. The lowest BCUT2D eigenvalue weighted by Crippen LogP contribution is -2.15. The van der Waals surface area contributed by atoms with Crippen molar-refractivity contribution in [2.45, 2.75) is 19.1 Å². The molecule has 0 spiro atoms. The van der Waals surface area contributed by atoms with Crippen LogP contribution >= 0.6 is 0 Å². The molecule has 4 aromatic rings. The number of aromatic amines is 1. The van der Waals surface area contributed by atoms with Gasteiger partial charge >= 0.3 is 6.18 Å². The van der Waals surface area contributed by atoms with E-state index < -0.39 is 36.7 Å². The van der Waals surface area contributed by atoms with E-state index in [4.69, 9.17) is 0 Å². The molecule has 29 heavy (non-hydrogen) atoms. The number of nitrogens with one attached hydrogen (secondary N) is 2. The predicted octanol–water partition coefficient (Wildman–Crippen LogP) is 5.00. The summed E-state index contributed by atoms with van der Waals surface area (Å²) in [6.45, 7) is -0.436. The van der Waals surface area contributed by atoms with Gasteiger partial charge in [-0.25, -0.2) is 8.78 Å². The summed E-state index contributed by atoms with van der Waals surface area (Å²) in [5.74, 6) is -2.79. The highest BCUT2D eigenvalue weighted by molar-refractivity contribution is 6.13. The number of hydrogen-bond donors (Lipinski definition) is 2. The molecule has 2 aromatic heterocycles. The van der Waals surface area contributed by atoms with Crippen molar-refractivity contribution in [1.82, 2.24) is 14.8 Å². The number of aromatic nitrogens is 3. The van der Waals surface area contributed by atoms with Crippen molar-refractivity contribution in [3.05, 3.63) is 59.9 Å². The first-order chi connectivity index (χ1) is 13.7. The number of carbonyl (C=O) groups excluding carboxylic acids is 1. The molecule has 0 saturated heterocycles. The van der Waals surface area contributed by atoms with Crippen molar-refractivity contribution in [2.24, 2.45) is 0 Å². The quantitative estimate of drug-likeness (QED) is 0.467. The van der Waals surface area contributed by atoms with Gasteiger partial charge in [-0.2, -0.15) is 18.3 Å². The Morgan fingerprint density at radius 1 is 1.10 bits per heavy atom. The van der Waals surface area contributed by atoms with Gasteiger partial charge in [-0.3, -0.25) is 9.48 Å². The van der Waals surface area contributed by atoms with Crippen molar-refractivity contribution in [1.29, 1.82) is 0 Å². The van der Waals surface area contributed by atoms with E-state index in [0.29, 0.717) is 10.9 Å². The molecule has 1 amide bonds. The van der Waals surface area contributed by atoms with Crippen molar-refractivity contribution in [3.63, 3.8) is 0 Å². The Morgan fingerprint density at radius 2 is 1.83 bits per heavy atom. The number of hydrogen-bond acceptors (Lipinski definition) is 2. The minimum absolute atomic E-state index is 0.0697. The number of H-pyrrole nitrogens is 1. The molecular weight excluding hydrogens is 395 g/mol. The van der Waals surface area contributed by atoms with Crippen LogP contribution in [0.3, 0.4) is 0 Å². The fraction of sp³-hybridized carbons (Fsp3) is 0.158. The lowest BCUT2D eigenvalue weighted by Gasteiger charge is -2.06. The molecular formula is C19H13F5N4O. The SMILES string of the molecule is O=C(Nc1c[nH]c2cc(F)c(F)cc12)c1nn(CCC(F)(F)F)c2ccccc12. The fourth-order valence-corrected chi connectivity index (χ4v) is 3.10. The van der Waals surface area contributed by atoms with Crippen LogP contribution in [0.5, 0.6) is 0 Å². The molecule has 0 unspecified atom stereocenters. The summed E-state index contributed by atoms with van der Waals surface area (Å²) >= 11 is 0. The second-order valence-corrected chi connectivity index (χ2v) is 6.42. The normalized spacial score (nSPS) is 12.0. The number of amides is 1. The highest BCUT2D eigenvalue weighted by Crippen LogP contribution is 2.28. The number of anilines is 1. The Bertz CT molecular complexity index is 1220. The Hall–Kier alpha value is -3.43. The third-order valence-electron chi connectivity index (χ3n) is 4.45. The Morgan fingerprint density at radius 3 is 2.59 bits per heavy atom. The molecule has 0 bridgehead atoms. The van der Waals surface area contributed by atoms with Gasteiger partial charge in [-0.05, 0) is 12.1 Å². The molecule has 2 N–H and O–H groups in total. The number of aryl methyl sites for hydroxylation is 1. The van der Waals surface area contributed by atoms with Crippen molar-refractivity contribution in [3.8, 4) is 0 Å². The molecule has 2 aromatic carbocycles. The van der Waals surface area contributed by atoms with Crippen molar-refractivity contribution >= 4 is 33.4 Å². The first kappa shape index (κ1) is 18.9. The van der Waals surface area contributed by atoms with Gasteiger partial charge < -0.3 is 10.3 Å². The molecule has 0 radical (unpaired) electrons. The van der Waals surface area contributed by atoms with E-state index in [1.165, 1.54) is 6.20 Å². The van der Waals surface area contributed by atoms with Crippen LogP contribution in [-0.4, -0.2) is 26.8 Å². The first-order valence-electron chi connectivity index (χ1n) is 8.53. The largest absolute Gasteiger partial charge is 0.390 e. The lowest BCUT2D eigenvalue weighted by atomic mass is 10.2. The van der Waals surface area contributed by atoms with Crippen molar-refractivity contribution < 1.29 is 26.7 Å². The van der Waals surface area contributed by atoms with E-state index in [1.807, 2.05) is 0 Å². The molecule has 0 aliphatic rings. The van der Waals surface area contributed by atoms with Crippen LogP contribution in [0.4, 0.5) is 27.6 Å². The summed E-state index contributed by atoms with van der Waals surface area (Å²) in [5, 5.41) is 7.22. The third-order valence-corrected chi connectivity index (χ3v) is 4.45. The van der Waals surface area contributed by atoms with Crippen LogP contribution in [0.25, 0.3) is 21.8 Å². The number of fused-ring (bicyclic) bond motifs is 2. The van der Waals surface area contributed by atoms with E-state index in [-0.39, 0.29) is 22.3 Å². The summed E-state index contributed by atoms with van der Waals surface area (Å²) < 4.78 is 65.8. The van der Waals surface area contributed by atoms with Crippen LogP contribution in [0, 0.1) is 11.6 Å². The van der Waals surface area contributed by atoms with Gasteiger partial charge in [0.25, 0.3) is 5.91 Å². The molecule has 150 valence electrons. The highest BCUT2D eigenvalue weighted by atomic mass is 19.4. The van der Waals surface area contributed by atoms with Gasteiger partial charge in [0.1, 0.15) is 0 Å². The second-order valence-electron chi connectivity index (χ2n) is 6.42. The monoisotopic (exact) mass is 408 g/mol. The molecule has 0 fully saturated rings.